The summed E-state index contributed by atoms with van der Waals surface area (Å²) in [6.45, 7) is 20.6. The highest BCUT2D eigenvalue weighted by Crippen LogP contribution is 2.50. The van der Waals surface area contributed by atoms with E-state index in [4.69, 9.17) is 8.83 Å². The zero-order valence-corrected chi connectivity index (χ0v) is 42.2. The lowest BCUT2D eigenvalue weighted by atomic mass is 9.33. The summed E-state index contributed by atoms with van der Waals surface area (Å²) in [7, 11) is 0. The molecule has 2 aliphatic heterocycles. The van der Waals surface area contributed by atoms with Crippen molar-refractivity contribution in [2.24, 2.45) is 0 Å². The van der Waals surface area contributed by atoms with Gasteiger partial charge in [-0.05, 0) is 133 Å². The van der Waals surface area contributed by atoms with Gasteiger partial charge >= 0.3 is 0 Å². The molecule has 69 heavy (non-hydrogen) atoms. The van der Waals surface area contributed by atoms with E-state index in [-0.39, 0.29) is 23.0 Å². The highest BCUT2D eigenvalue weighted by Gasteiger charge is 2.49. The van der Waals surface area contributed by atoms with Gasteiger partial charge in [0.15, 0.2) is 0 Å². The second kappa shape index (κ2) is 14.9. The first kappa shape index (κ1) is 42.3. The molecule has 0 unspecified atom stereocenters. The van der Waals surface area contributed by atoms with Gasteiger partial charge in [0.2, 0.25) is 11.8 Å². The Hall–Kier alpha value is -6.80. The molecule has 0 N–H and O–H groups in total. The van der Waals surface area contributed by atoms with Crippen molar-refractivity contribution in [2.75, 3.05) is 9.80 Å². The lowest BCUT2D eigenvalue weighted by Gasteiger charge is -2.41. The van der Waals surface area contributed by atoms with Crippen molar-refractivity contribution in [2.45, 2.75) is 78.6 Å². The summed E-state index contributed by atoms with van der Waals surface area (Å²) < 4.78 is 17.2. The van der Waals surface area contributed by atoms with Gasteiger partial charge in [-0.15, -0.1) is 22.7 Å². The van der Waals surface area contributed by atoms with Crippen LogP contribution in [0.1, 0.15) is 79.0 Å². The van der Waals surface area contributed by atoms with Crippen LogP contribution in [0.5, 0.6) is 0 Å². The van der Waals surface area contributed by atoms with Gasteiger partial charge in [-0.3, -0.25) is 9.80 Å². The molecule has 0 fully saturated rings. The van der Waals surface area contributed by atoms with Crippen LogP contribution in [0.4, 0.5) is 34.5 Å². The maximum absolute atomic E-state index is 7.32. The number of furan rings is 2. The molecule has 0 bridgehead atoms. The molecule has 7 aromatic carbocycles. The SMILES string of the molecule is CC(C)(C)c1cc2c3c(c1)N(c1ccc(-c4csc5ccccc45)cc1)c1oc4ccc(C(C)(C)C)cc4c1B3c1c(oc3ccc(C(C)(C)C)cc13)N2c1ccc(-c2csc3ccccc23)cc1. The minimum Gasteiger partial charge on any atom is -0.440 e. The van der Waals surface area contributed by atoms with Crippen molar-refractivity contribution in [3.8, 4) is 22.3 Å². The van der Waals surface area contributed by atoms with Gasteiger partial charge in [0.25, 0.3) is 6.71 Å². The molecule has 13 rings (SSSR count). The van der Waals surface area contributed by atoms with E-state index in [9.17, 15) is 0 Å². The van der Waals surface area contributed by atoms with Crippen molar-refractivity contribution in [3.05, 3.63) is 173 Å². The van der Waals surface area contributed by atoms with Gasteiger partial charge in [0.05, 0.1) is 0 Å². The summed E-state index contributed by atoms with van der Waals surface area (Å²) in [5.74, 6) is 1.71. The standard InChI is InChI=1S/C62H53BN2O2S2/c1-60(2,3)38-22-28-51-45(30-38)55-58(66-51)64(41-24-18-36(19-25-41)47-34-68-53-16-12-10-14-43(47)53)49-32-40(62(7,8)9)33-50-57(49)63(55)56-46-31-39(61(4,5)6)23-29-52(46)67-59(56)65(50)42-26-20-37(21-27-42)48-35-69-54-17-13-11-15-44(48)54/h10-35H,1-9H3. The molecule has 0 spiro atoms. The number of benzene rings is 7. The Morgan fingerprint density at radius 2 is 0.812 bits per heavy atom. The van der Waals surface area contributed by atoms with Gasteiger partial charge in [0.1, 0.15) is 11.2 Å². The molecule has 0 radical (unpaired) electrons. The third kappa shape index (κ3) is 6.53. The number of hydrogen-bond acceptors (Lipinski definition) is 6. The smallest absolute Gasteiger partial charge is 0.262 e. The molecule has 0 atom stereocenters. The molecule has 0 saturated heterocycles. The Balaban J connectivity index is 1.11. The number of anilines is 6. The molecule has 0 amide bonds. The van der Waals surface area contributed by atoms with Crippen molar-refractivity contribution in [1.29, 1.82) is 0 Å². The van der Waals surface area contributed by atoms with Crippen LogP contribution in [0.15, 0.2) is 165 Å². The van der Waals surface area contributed by atoms with Crippen LogP contribution in [0.25, 0.3) is 64.4 Å². The molecular formula is C62H53BN2O2S2. The summed E-state index contributed by atoms with van der Waals surface area (Å²) in [6.07, 6.45) is 0. The quantitative estimate of drug-likeness (QED) is 0.165. The van der Waals surface area contributed by atoms with Crippen LogP contribution in [0.2, 0.25) is 0 Å². The van der Waals surface area contributed by atoms with E-state index >= 15 is 0 Å². The molecule has 7 heteroatoms. The monoisotopic (exact) mass is 932 g/mol. The summed E-state index contributed by atoms with van der Waals surface area (Å²) in [5, 5.41) is 9.43. The number of fused-ring (bicyclic) bond motifs is 10. The molecule has 6 heterocycles. The van der Waals surface area contributed by atoms with E-state index in [1.807, 2.05) is 0 Å². The van der Waals surface area contributed by atoms with Crippen LogP contribution >= 0.6 is 22.7 Å². The van der Waals surface area contributed by atoms with E-state index in [1.54, 1.807) is 22.7 Å². The second-order valence-corrected chi connectivity index (χ2v) is 24.1. The minimum absolute atomic E-state index is 0.0705. The van der Waals surface area contributed by atoms with E-state index in [1.165, 1.54) is 75.5 Å². The maximum Gasteiger partial charge on any atom is 0.262 e. The van der Waals surface area contributed by atoms with Crippen molar-refractivity contribution < 1.29 is 8.83 Å². The third-order valence-corrected chi connectivity index (χ3v) is 16.7. The number of hydrogen-bond donors (Lipinski definition) is 0. The van der Waals surface area contributed by atoms with E-state index in [2.05, 4.69) is 228 Å². The predicted octanol–water partition coefficient (Wildman–Crippen LogP) is 16.9. The van der Waals surface area contributed by atoms with Crippen LogP contribution in [0.3, 0.4) is 0 Å². The Bertz CT molecular complexity index is 3620. The van der Waals surface area contributed by atoms with Crippen LogP contribution in [-0.2, 0) is 16.2 Å². The Kier molecular flexibility index (Phi) is 9.11. The van der Waals surface area contributed by atoms with Crippen LogP contribution < -0.4 is 26.2 Å². The fourth-order valence-corrected chi connectivity index (χ4v) is 12.8. The average molecular weight is 933 g/mol. The third-order valence-electron chi connectivity index (χ3n) is 14.7. The molecule has 0 aliphatic carbocycles. The second-order valence-electron chi connectivity index (χ2n) is 22.2. The summed E-state index contributed by atoms with van der Waals surface area (Å²) >= 11 is 3.60. The highest BCUT2D eigenvalue weighted by atomic mass is 32.1. The van der Waals surface area contributed by atoms with Gasteiger partial charge in [-0.1, -0.05) is 135 Å². The van der Waals surface area contributed by atoms with E-state index in [0.717, 1.165) is 56.5 Å². The van der Waals surface area contributed by atoms with Crippen molar-refractivity contribution in [3.63, 3.8) is 0 Å². The van der Waals surface area contributed by atoms with Gasteiger partial charge in [-0.25, -0.2) is 0 Å². The normalized spacial score (nSPS) is 13.8. The van der Waals surface area contributed by atoms with Crippen LogP contribution in [-0.4, -0.2) is 6.71 Å². The van der Waals surface area contributed by atoms with Gasteiger partial charge in [0, 0.05) is 75.7 Å². The highest BCUT2D eigenvalue weighted by molar-refractivity contribution is 7.18. The molecule has 338 valence electrons. The van der Waals surface area contributed by atoms with Gasteiger partial charge in [-0.2, -0.15) is 0 Å². The fourth-order valence-electron chi connectivity index (χ4n) is 10.9. The Morgan fingerprint density at radius 3 is 1.22 bits per heavy atom. The van der Waals surface area contributed by atoms with Crippen LogP contribution in [0, 0.1) is 0 Å². The fraction of sp³-hybridized carbons (Fsp3) is 0.194. The average Bonchev–Trinajstić information content (AvgIpc) is 4.13. The number of thiophene rings is 2. The lowest BCUT2D eigenvalue weighted by molar-refractivity contribution is 0.588. The summed E-state index contributed by atoms with van der Waals surface area (Å²) in [4.78, 5) is 4.84. The van der Waals surface area contributed by atoms with E-state index in [0.29, 0.717) is 0 Å². The number of nitrogens with zero attached hydrogens (tertiary/aromatic N) is 2. The first-order valence-electron chi connectivity index (χ1n) is 24.2. The molecule has 2 aliphatic rings. The Labute approximate surface area is 412 Å². The summed E-state index contributed by atoms with van der Waals surface area (Å²) in [5.41, 5.74) is 18.1. The molecule has 4 nitrogen and oxygen atoms in total. The topological polar surface area (TPSA) is 32.8 Å². The number of rotatable bonds is 4. The molecular weight excluding hydrogens is 880 g/mol. The maximum atomic E-state index is 7.32. The first-order chi connectivity index (χ1) is 33.1. The molecule has 0 saturated carbocycles. The van der Waals surface area contributed by atoms with Crippen molar-refractivity contribution >= 4 is 122 Å². The minimum atomic E-state index is -0.192. The zero-order chi connectivity index (χ0) is 47.3. The summed E-state index contributed by atoms with van der Waals surface area (Å²) in [6, 6.07) is 54.3. The lowest BCUT2D eigenvalue weighted by Crippen LogP contribution is -2.61. The Morgan fingerprint density at radius 1 is 0.406 bits per heavy atom. The van der Waals surface area contributed by atoms with Gasteiger partial charge < -0.3 is 8.83 Å². The predicted molar refractivity (Wildman–Crippen MR) is 298 cm³/mol. The largest absolute Gasteiger partial charge is 0.440 e. The first-order valence-corrected chi connectivity index (χ1v) is 25.9. The van der Waals surface area contributed by atoms with E-state index < -0.39 is 0 Å². The molecule has 4 aromatic heterocycles. The molecule has 11 aromatic rings. The zero-order valence-electron chi connectivity index (χ0n) is 40.6. The van der Waals surface area contributed by atoms with Crippen molar-refractivity contribution in [1.82, 2.24) is 0 Å².